The Morgan fingerprint density at radius 1 is 1.30 bits per heavy atom. The number of aliphatic hydroxyl groups excluding tert-OH is 1. The molecule has 5 heteroatoms. The summed E-state index contributed by atoms with van der Waals surface area (Å²) in [5.74, 6) is 0.563. The molecule has 0 aliphatic carbocycles. The highest BCUT2D eigenvalue weighted by Crippen LogP contribution is 2.33. The first-order valence-corrected chi connectivity index (χ1v) is 9.31. The van der Waals surface area contributed by atoms with Gasteiger partial charge in [0.1, 0.15) is 0 Å². The second-order valence-electron chi connectivity index (χ2n) is 6.63. The van der Waals surface area contributed by atoms with E-state index in [0.717, 1.165) is 31.4 Å². The van der Waals surface area contributed by atoms with Crippen molar-refractivity contribution in [3.63, 3.8) is 0 Å². The molecule has 0 radical (unpaired) electrons. The minimum atomic E-state index is -0.392. The number of piperidine rings is 1. The van der Waals surface area contributed by atoms with Crippen LogP contribution in [0.25, 0.3) is 10.2 Å². The van der Waals surface area contributed by atoms with Crippen molar-refractivity contribution in [3.8, 4) is 0 Å². The first kappa shape index (κ1) is 16.8. The van der Waals surface area contributed by atoms with Crippen molar-refractivity contribution >= 4 is 21.6 Å². The van der Waals surface area contributed by atoms with Gasteiger partial charge < -0.3 is 14.7 Å². The monoisotopic (exact) mass is 334 g/mol. The van der Waals surface area contributed by atoms with Gasteiger partial charge in [0.15, 0.2) is 0 Å². The Morgan fingerprint density at radius 3 is 2.74 bits per heavy atom. The van der Waals surface area contributed by atoms with Gasteiger partial charge >= 0.3 is 0 Å². The molecule has 0 saturated carbocycles. The van der Waals surface area contributed by atoms with E-state index in [4.69, 9.17) is 9.72 Å². The van der Waals surface area contributed by atoms with Gasteiger partial charge in [-0.3, -0.25) is 0 Å². The molecule has 1 N–H and O–H groups in total. The van der Waals surface area contributed by atoms with Crippen LogP contribution in [-0.4, -0.2) is 53.4 Å². The minimum absolute atomic E-state index is 0.175. The van der Waals surface area contributed by atoms with Gasteiger partial charge in [0, 0.05) is 12.5 Å². The topological polar surface area (TPSA) is 45.6 Å². The Morgan fingerprint density at radius 2 is 2.04 bits per heavy atom. The molecule has 1 aliphatic heterocycles. The van der Waals surface area contributed by atoms with Crippen LogP contribution in [0, 0.1) is 0 Å². The molecule has 4 nitrogen and oxygen atoms in total. The number of para-hydroxylation sites is 1. The Kier molecular flexibility index (Phi) is 5.64. The molecule has 1 saturated heterocycles. The van der Waals surface area contributed by atoms with E-state index in [1.165, 1.54) is 9.71 Å². The number of likely N-dealkylation sites (tertiary alicyclic amines) is 1. The van der Waals surface area contributed by atoms with Crippen LogP contribution in [0.1, 0.15) is 37.6 Å². The van der Waals surface area contributed by atoms with Crippen molar-refractivity contribution in [2.24, 2.45) is 0 Å². The molecule has 23 heavy (non-hydrogen) atoms. The number of ether oxygens (including phenoxy) is 1. The summed E-state index contributed by atoms with van der Waals surface area (Å²) >= 11 is 1.83. The van der Waals surface area contributed by atoms with Crippen LogP contribution in [-0.2, 0) is 4.74 Å². The van der Waals surface area contributed by atoms with E-state index in [-0.39, 0.29) is 6.10 Å². The predicted octanol–water partition coefficient (Wildman–Crippen LogP) is 3.26. The van der Waals surface area contributed by atoms with E-state index in [9.17, 15) is 5.11 Å². The highest BCUT2D eigenvalue weighted by atomic mass is 32.1. The molecule has 1 atom stereocenters. The van der Waals surface area contributed by atoms with Gasteiger partial charge in [-0.05, 0) is 51.9 Å². The van der Waals surface area contributed by atoms with Crippen molar-refractivity contribution in [3.05, 3.63) is 29.3 Å². The average molecular weight is 334 g/mol. The van der Waals surface area contributed by atoms with Crippen LogP contribution in [0.4, 0.5) is 0 Å². The lowest BCUT2D eigenvalue weighted by atomic mass is 9.97. The largest absolute Gasteiger partial charge is 0.389 e. The zero-order valence-electron chi connectivity index (χ0n) is 13.9. The predicted molar refractivity (Wildman–Crippen MR) is 95.1 cm³/mol. The molecule has 0 spiro atoms. The maximum absolute atomic E-state index is 10.1. The van der Waals surface area contributed by atoms with Crippen molar-refractivity contribution in [2.45, 2.75) is 44.8 Å². The summed E-state index contributed by atoms with van der Waals surface area (Å²) in [4.78, 5) is 7.15. The van der Waals surface area contributed by atoms with Crippen molar-refractivity contribution in [1.29, 1.82) is 0 Å². The summed E-state index contributed by atoms with van der Waals surface area (Å²) in [6, 6.07) is 8.37. The fourth-order valence-corrected chi connectivity index (χ4v) is 4.22. The van der Waals surface area contributed by atoms with Gasteiger partial charge in [-0.15, -0.1) is 11.3 Å². The van der Waals surface area contributed by atoms with Crippen molar-refractivity contribution in [2.75, 3.05) is 26.2 Å². The lowest BCUT2D eigenvalue weighted by Crippen LogP contribution is -2.40. The normalized spacial score (nSPS) is 18.8. The molecule has 1 fully saturated rings. The lowest BCUT2D eigenvalue weighted by molar-refractivity contribution is -0.0111. The van der Waals surface area contributed by atoms with Crippen molar-refractivity contribution < 1.29 is 9.84 Å². The summed E-state index contributed by atoms with van der Waals surface area (Å²) in [5, 5.41) is 11.3. The zero-order chi connectivity index (χ0) is 16.2. The van der Waals surface area contributed by atoms with Gasteiger partial charge in [0.2, 0.25) is 0 Å². The minimum Gasteiger partial charge on any atom is -0.389 e. The maximum atomic E-state index is 10.1. The Bertz CT molecular complexity index is 587. The number of rotatable bonds is 6. The lowest BCUT2D eigenvalue weighted by Gasteiger charge is -2.32. The quantitative estimate of drug-likeness (QED) is 0.881. The third kappa shape index (κ3) is 4.51. The van der Waals surface area contributed by atoms with Crippen LogP contribution in [0.2, 0.25) is 0 Å². The smallest absolute Gasteiger partial charge is 0.0970 e. The molecule has 1 unspecified atom stereocenters. The van der Waals surface area contributed by atoms with Gasteiger partial charge in [-0.2, -0.15) is 0 Å². The van der Waals surface area contributed by atoms with E-state index in [0.29, 0.717) is 19.1 Å². The molecule has 0 bridgehead atoms. The number of aromatic nitrogens is 1. The fourth-order valence-electron chi connectivity index (χ4n) is 3.08. The standard InChI is InChI=1S/C18H26N2O2S/c1-13(2)22-12-15(21)11-20-9-7-14(8-10-20)18-19-16-5-3-4-6-17(16)23-18/h3-6,13-15,21H,7-12H2,1-2H3. The second-order valence-corrected chi connectivity index (χ2v) is 7.69. The number of nitrogens with zero attached hydrogens (tertiary/aromatic N) is 2. The Labute approximate surface area is 142 Å². The van der Waals surface area contributed by atoms with Gasteiger partial charge in [-0.25, -0.2) is 4.98 Å². The van der Waals surface area contributed by atoms with E-state index >= 15 is 0 Å². The molecule has 2 heterocycles. The molecule has 126 valence electrons. The van der Waals surface area contributed by atoms with E-state index in [1.807, 2.05) is 25.2 Å². The summed E-state index contributed by atoms with van der Waals surface area (Å²) in [5.41, 5.74) is 1.12. The number of hydrogen-bond donors (Lipinski definition) is 1. The first-order chi connectivity index (χ1) is 11.1. The summed E-state index contributed by atoms with van der Waals surface area (Å²) in [6.45, 7) is 7.18. The zero-order valence-corrected chi connectivity index (χ0v) is 14.8. The number of aliphatic hydroxyl groups is 1. The third-order valence-electron chi connectivity index (χ3n) is 4.34. The molecule has 3 rings (SSSR count). The number of benzene rings is 1. The number of β-amino-alcohol motifs (C(OH)–C–C–N with tert-alkyl or cyclic N) is 1. The number of fused-ring (bicyclic) bond motifs is 1. The SMILES string of the molecule is CC(C)OCC(O)CN1CCC(c2nc3ccccc3s2)CC1. The van der Waals surface area contributed by atoms with Gasteiger partial charge in [0.05, 0.1) is 34.0 Å². The summed E-state index contributed by atoms with van der Waals surface area (Å²) in [7, 11) is 0. The average Bonchev–Trinajstić information content (AvgIpc) is 2.97. The number of thiazole rings is 1. The third-order valence-corrected chi connectivity index (χ3v) is 5.54. The van der Waals surface area contributed by atoms with Gasteiger partial charge in [0.25, 0.3) is 0 Å². The van der Waals surface area contributed by atoms with Crippen LogP contribution in [0.5, 0.6) is 0 Å². The summed E-state index contributed by atoms with van der Waals surface area (Å²) in [6.07, 6.45) is 2.03. The van der Waals surface area contributed by atoms with Gasteiger partial charge in [-0.1, -0.05) is 12.1 Å². The van der Waals surface area contributed by atoms with Crippen LogP contribution in [0.3, 0.4) is 0 Å². The second kappa shape index (κ2) is 7.71. The summed E-state index contributed by atoms with van der Waals surface area (Å²) < 4.78 is 6.77. The number of hydrogen-bond acceptors (Lipinski definition) is 5. The first-order valence-electron chi connectivity index (χ1n) is 8.49. The fraction of sp³-hybridized carbons (Fsp3) is 0.611. The van der Waals surface area contributed by atoms with Crippen molar-refractivity contribution in [1.82, 2.24) is 9.88 Å². The van der Waals surface area contributed by atoms with Crippen LogP contribution in [0.15, 0.2) is 24.3 Å². The molecule has 1 aromatic heterocycles. The van der Waals surface area contributed by atoms with E-state index in [1.54, 1.807) is 0 Å². The highest BCUT2D eigenvalue weighted by Gasteiger charge is 2.24. The molecule has 2 aromatic rings. The maximum Gasteiger partial charge on any atom is 0.0970 e. The van der Waals surface area contributed by atoms with E-state index in [2.05, 4.69) is 29.2 Å². The molecule has 0 amide bonds. The molecular formula is C18H26N2O2S. The Balaban J connectivity index is 1.50. The molecule has 1 aromatic carbocycles. The molecular weight excluding hydrogens is 308 g/mol. The van der Waals surface area contributed by atoms with Crippen LogP contribution >= 0.6 is 11.3 Å². The highest BCUT2D eigenvalue weighted by molar-refractivity contribution is 7.18. The Hall–Kier alpha value is -1.01. The van der Waals surface area contributed by atoms with E-state index < -0.39 is 6.10 Å². The molecule has 1 aliphatic rings. The van der Waals surface area contributed by atoms with Crippen LogP contribution < -0.4 is 0 Å².